The van der Waals surface area contributed by atoms with Crippen LogP contribution in [0.3, 0.4) is 0 Å². The molecule has 1 unspecified atom stereocenters. The van der Waals surface area contributed by atoms with Crippen molar-refractivity contribution >= 4 is 23.7 Å². The van der Waals surface area contributed by atoms with Crippen LogP contribution in [-0.4, -0.2) is 72.2 Å². The van der Waals surface area contributed by atoms with Crippen LogP contribution in [0.1, 0.15) is 60.2 Å². The third-order valence-electron chi connectivity index (χ3n) is 5.47. The van der Waals surface area contributed by atoms with E-state index >= 15 is 0 Å². The summed E-state index contributed by atoms with van der Waals surface area (Å²) in [4.78, 5) is 44.4. The molecule has 8 heteroatoms. The number of amides is 3. The van der Waals surface area contributed by atoms with E-state index in [2.05, 4.69) is 15.6 Å². The number of rotatable bonds is 8. The number of benzene rings is 1. The fraction of sp³-hybridized carbons (Fsp3) is 0.545. The van der Waals surface area contributed by atoms with Gasteiger partial charge in [-0.15, -0.1) is 0 Å². The molecule has 2 aliphatic rings. The Balaban J connectivity index is 1.44. The van der Waals surface area contributed by atoms with E-state index in [1.807, 2.05) is 18.7 Å². The zero-order chi connectivity index (χ0) is 21.5. The Kier molecular flexibility index (Phi) is 7.43. The molecule has 3 amide bonds. The van der Waals surface area contributed by atoms with Gasteiger partial charge in [-0.25, -0.2) is 0 Å². The van der Waals surface area contributed by atoms with Gasteiger partial charge in [0.15, 0.2) is 5.96 Å². The fourth-order valence-corrected chi connectivity index (χ4v) is 3.86. The van der Waals surface area contributed by atoms with Gasteiger partial charge < -0.3 is 15.5 Å². The first-order chi connectivity index (χ1) is 14.5. The molecule has 1 aromatic carbocycles. The molecule has 2 N–H and O–H groups in total. The Hall–Kier alpha value is -2.90. The van der Waals surface area contributed by atoms with Crippen molar-refractivity contribution in [3.8, 4) is 0 Å². The SMILES string of the molecule is CCNC(=NCCCCN1C(=O)c2ccccc2C1=O)NC1CCN(C(=O)CC)C1. The van der Waals surface area contributed by atoms with E-state index in [1.165, 1.54) is 4.90 Å². The van der Waals surface area contributed by atoms with E-state index in [0.717, 1.165) is 31.9 Å². The maximum Gasteiger partial charge on any atom is 0.261 e. The number of imide groups is 1. The van der Waals surface area contributed by atoms with Crippen molar-refractivity contribution in [3.63, 3.8) is 0 Å². The number of guanidine groups is 1. The first-order valence-corrected chi connectivity index (χ1v) is 10.8. The number of nitrogens with one attached hydrogen (secondary N) is 2. The van der Waals surface area contributed by atoms with Crippen LogP contribution in [0.5, 0.6) is 0 Å². The second-order valence-corrected chi connectivity index (χ2v) is 7.60. The normalized spacial score (nSPS) is 18.7. The number of hydrogen-bond donors (Lipinski definition) is 2. The number of unbranched alkanes of at least 4 members (excludes halogenated alkanes) is 1. The van der Waals surface area contributed by atoms with Gasteiger partial charge in [0.1, 0.15) is 0 Å². The quantitative estimate of drug-likeness (QED) is 0.292. The van der Waals surface area contributed by atoms with Gasteiger partial charge in [-0.1, -0.05) is 19.1 Å². The third-order valence-corrected chi connectivity index (χ3v) is 5.47. The molecule has 1 saturated heterocycles. The van der Waals surface area contributed by atoms with E-state index in [4.69, 9.17) is 0 Å². The lowest BCUT2D eigenvalue weighted by Gasteiger charge is -2.18. The molecular formula is C22H31N5O3. The highest BCUT2D eigenvalue weighted by Crippen LogP contribution is 2.22. The van der Waals surface area contributed by atoms with Gasteiger partial charge in [0.05, 0.1) is 11.1 Å². The summed E-state index contributed by atoms with van der Waals surface area (Å²) < 4.78 is 0. The van der Waals surface area contributed by atoms with Gasteiger partial charge in [-0.2, -0.15) is 0 Å². The molecule has 1 fully saturated rings. The molecule has 0 aliphatic carbocycles. The molecule has 2 aliphatic heterocycles. The third kappa shape index (κ3) is 4.98. The molecule has 0 aromatic heterocycles. The smallest absolute Gasteiger partial charge is 0.261 e. The van der Waals surface area contributed by atoms with Crippen molar-refractivity contribution in [2.75, 3.05) is 32.7 Å². The lowest BCUT2D eigenvalue weighted by Crippen LogP contribution is -2.45. The number of carbonyl (C=O) groups is 3. The Bertz CT molecular complexity index is 788. The largest absolute Gasteiger partial charge is 0.357 e. The van der Waals surface area contributed by atoms with Gasteiger partial charge in [-0.3, -0.25) is 24.3 Å². The lowest BCUT2D eigenvalue weighted by molar-refractivity contribution is -0.129. The van der Waals surface area contributed by atoms with E-state index < -0.39 is 0 Å². The molecule has 0 saturated carbocycles. The zero-order valence-electron chi connectivity index (χ0n) is 17.8. The maximum absolute atomic E-state index is 12.4. The summed E-state index contributed by atoms with van der Waals surface area (Å²) >= 11 is 0. The molecule has 162 valence electrons. The van der Waals surface area contributed by atoms with Gasteiger partial charge >= 0.3 is 0 Å². The molecule has 2 heterocycles. The zero-order valence-corrected chi connectivity index (χ0v) is 17.8. The predicted octanol–water partition coefficient (Wildman–Crippen LogP) is 1.63. The minimum absolute atomic E-state index is 0.189. The number of aliphatic imine (C=N–C) groups is 1. The topological polar surface area (TPSA) is 94.1 Å². The lowest BCUT2D eigenvalue weighted by atomic mass is 10.1. The number of likely N-dealkylation sites (tertiary alicyclic amines) is 1. The van der Waals surface area contributed by atoms with Crippen LogP contribution in [0.2, 0.25) is 0 Å². The highest BCUT2D eigenvalue weighted by molar-refractivity contribution is 6.21. The number of carbonyl (C=O) groups excluding carboxylic acids is 3. The highest BCUT2D eigenvalue weighted by Gasteiger charge is 2.34. The standard InChI is InChI=1S/C22H31N5O3/c1-3-19(28)26-14-11-16(15-26)25-22(23-4-2)24-12-7-8-13-27-20(29)17-9-5-6-10-18(17)21(27)30/h5-6,9-10,16H,3-4,7-8,11-15H2,1-2H3,(H2,23,24,25). The van der Waals surface area contributed by atoms with Crippen molar-refractivity contribution < 1.29 is 14.4 Å². The summed E-state index contributed by atoms with van der Waals surface area (Å²) in [6, 6.07) is 7.16. The van der Waals surface area contributed by atoms with Gasteiger partial charge in [0.25, 0.3) is 11.8 Å². The van der Waals surface area contributed by atoms with E-state index in [0.29, 0.717) is 43.6 Å². The molecule has 0 bridgehead atoms. The van der Waals surface area contributed by atoms with Gasteiger partial charge in [0, 0.05) is 45.2 Å². The summed E-state index contributed by atoms with van der Waals surface area (Å²) in [7, 11) is 0. The minimum atomic E-state index is -0.207. The average molecular weight is 414 g/mol. The number of fused-ring (bicyclic) bond motifs is 1. The molecule has 3 rings (SSSR count). The van der Waals surface area contributed by atoms with E-state index in [9.17, 15) is 14.4 Å². The summed E-state index contributed by atoms with van der Waals surface area (Å²) in [5, 5.41) is 6.65. The number of hydrogen-bond acceptors (Lipinski definition) is 4. The number of nitrogens with zero attached hydrogens (tertiary/aromatic N) is 3. The van der Waals surface area contributed by atoms with Crippen LogP contribution in [0, 0.1) is 0 Å². The Morgan fingerprint density at radius 1 is 1.13 bits per heavy atom. The second kappa shape index (κ2) is 10.2. The van der Waals surface area contributed by atoms with Crippen LogP contribution in [0.4, 0.5) is 0 Å². The summed E-state index contributed by atoms with van der Waals surface area (Å²) in [6.45, 7) is 7.15. The van der Waals surface area contributed by atoms with Gasteiger partial charge in [0.2, 0.25) is 5.91 Å². The van der Waals surface area contributed by atoms with Crippen molar-refractivity contribution in [2.24, 2.45) is 4.99 Å². The fourth-order valence-electron chi connectivity index (χ4n) is 3.86. The summed E-state index contributed by atoms with van der Waals surface area (Å²) in [5.74, 6) is 0.520. The molecule has 0 spiro atoms. The van der Waals surface area contributed by atoms with Crippen molar-refractivity contribution in [1.29, 1.82) is 0 Å². The van der Waals surface area contributed by atoms with Crippen molar-refractivity contribution in [1.82, 2.24) is 20.4 Å². The van der Waals surface area contributed by atoms with Crippen LogP contribution < -0.4 is 10.6 Å². The van der Waals surface area contributed by atoms with Crippen LogP contribution in [-0.2, 0) is 4.79 Å². The summed E-state index contributed by atoms with van der Waals surface area (Å²) in [6.07, 6.45) is 2.93. The molecule has 30 heavy (non-hydrogen) atoms. The molecule has 0 radical (unpaired) electrons. The first kappa shape index (κ1) is 21.8. The first-order valence-electron chi connectivity index (χ1n) is 10.8. The highest BCUT2D eigenvalue weighted by atomic mass is 16.2. The molecule has 1 aromatic rings. The van der Waals surface area contributed by atoms with E-state index in [1.54, 1.807) is 24.3 Å². The van der Waals surface area contributed by atoms with E-state index in [-0.39, 0.29) is 23.8 Å². The second-order valence-electron chi connectivity index (χ2n) is 7.60. The van der Waals surface area contributed by atoms with Crippen LogP contribution in [0.25, 0.3) is 0 Å². The van der Waals surface area contributed by atoms with Gasteiger partial charge in [-0.05, 0) is 38.3 Å². The van der Waals surface area contributed by atoms with Crippen molar-refractivity contribution in [2.45, 2.75) is 45.6 Å². The van der Waals surface area contributed by atoms with Crippen LogP contribution >= 0.6 is 0 Å². The molecule has 8 nitrogen and oxygen atoms in total. The molecule has 1 atom stereocenters. The van der Waals surface area contributed by atoms with Crippen LogP contribution in [0.15, 0.2) is 29.3 Å². The Morgan fingerprint density at radius 3 is 2.47 bits per heavy atom. The Labute approximate surface area is 177 Å². The average Bonchev–Trinajstić information content (AvgIpc) is 3.31. The maximum atomic E-state index is 12.4. The molecular weight excluding hydrogens is 382 g/mol. The summed E-state index contributed by atoms with van der Waals surface area (Å²) in [5.41, 5.74) is 0.984. The van der Waals surface area contributed by atoms with Crippen molar-refractivity contribution in [3.05, 3.63) is 35.4 Å². The monoisotopic (exact) mass is 413 g/mol. The predicted molar refractivity (Wildman–Crippen MR) is 115 cm³/mol. The minimum Gasteiger partial charge on any atom is -0.357 e. The Morgan fingerprint density at radius 2 is 1.83 bits per heavy atom.